The molecule has 0 bridgehead atoms. The van der Waals surface area contributed by atoms with Crippen molar-refractivity contribution in [3.8, 4) is 0 Å². The Morgan fingerprint density at radius 1 is 1.45 bits per heavy atom. The van der Waals surface area contributed by atoms with Crippen molar-refractivity contribution < 1.29 is 9.59 Å². The normalized spacial score (nSPS) is 28.8. The summed E-state index contributed by atoms with van der Waals surface area (Å²) in [5.74, 6) is 0.144. The average Bonchev–Trinajstić information content (AvgIpc) is 2.68. The van der Waals surface area contributed by atoms with Gasteiger partial charge in [0, 0.05) is 26.2 Å². The fraction of sp³-hybridized carbons (Fsp3) is 0.688. The summed E-state index contributed by atoms with van der Waals surface area (Å²) >= 11 is 0. The lowest BCUT2D eigenvalue weighted by atomic mass is 9.81. The van der Waals surface area contributed by atoms with Gasteiger partial charge in [0.05, 0.1) is 22.8 Å². The van der Waals surface area contributed by atoms with Gasteiger partial charge in [0.2, 0.25) is 5.91 Å². The van der Waals surface area contributed by atoms with Gasteiger partial charge in [0.1, 0.15) is 0 Å². The van der Waals surface area contributed by atoms with E-state index >= 15 is 0 Å². The molecule has 1 N–H and O–H groups in total. The molecule has 0 radical (unpaired) electrons. The zero-order valence-electron chi connectivity index (χ0n) is 13.6. The molecule has 2 atom stereocenters. The third-order valence-electron chi connectivity index (χ3n) is 5.03. The largest absolute Gasteiger partial charge is 0.349 e. The molecule has 6 heteroatoms. The van der Waals surface area contributed by atoms with E-state index in [9.17, 15) is 9.59 Å². The molecule has 6 nitrogen and oxygen atoms in total. The Bertz CT molecular complexity index is 609. The van der Waals surface area contributed by atoms with E-state index in [2.05, 4.69) is 17.3 Å². The molecule has 0 aliphatic carbocycles. The van der Waals surface area contributed by atoms with Crippen molar-refractivity contribution in [2.24, 2.45) is 7.05 Å². The molecular weight excluding hydrogens is 280 g/mol. The number of likely N-dealkylation sites (tertiary alicyclic amines) is 1. The van der Waals surface area contributed by atoms with Gasteiger partial charge >= 0.3 is 0 Å². The van der Waals surface area contributed by atoms with Crippen molar-refractivity contribution in [3.63, 3.8) is 0 Å². The van der Waals surface area contributed by atoms with Crippen LogP contribution in [0.5, 0.6) is 0 Å². The van der Waals surface area contributed by atoms with Crippen LogP contribution in [0.25, 0.3) is 0 Å². The second-order valence-electron chi connectivity index (χ2n) is 6.78. The summed E-state index contributed by atoms with van der Waals surface area (Å²) in [5.41, 5.74) is 1.12. The molecule has 2 aliphatic rings. The molecule has 3 heterocycles. The molecule has 2 amide bonds. The van der Waals surface area contributed by atoms with Gasteiger partial charge in [-0.2, -0.15) is 5.10 Å². The maximum atomic E-state index is 13.0. The van der Waals surface area contributed by atoms with Crippen molar-refractivity contribution in [2.75, 3.05) is 6.54 Å². The minimum atomic E-state index is -0.308. The van der Waals surface area contributed by atoms with Gasteiger partial charge < -0.3 is 10.2 Å². The van der Waals surface area contributed by atoms with Crippen molar-refractivity contribution in [1.82, 2.24) is 20.0 Å². The maximum absolute atomic E-state index is 13.0. The zero-order valence-corrected chi connectivity index (χ0v) is 13.6. The Morgan fingerprint density at radius 3 is 2.91 bits per heavy atom. The van der Waals surface area contributed by atoms with Crippen LogP contribution in [-0.2, 0) is 11.8 Å². The fourth-order valence-corrected chi connectivity index (χ4v) is 3.92. The quantitative estimate of drug-likeness (QED) is 0.852. The molecule has 120 valence electrons. The molecule has 0 spiro atoms. The van der Waals surface area contributed by atoms with E-state index in [1.54, 1.807) is 10.9 Å². The number of aromatic nitrogens is 2. The topological polar surface area (TPSA) is 67.2 Å². The number of amides is 2. The van der Waals surface area contributed by atoms with Crippen molar-refractivity contribution in [1.29, 1.82) is 0 Å². The van der Waals surface area contributed by atoms with Crippen LogP contribution < -0.4 is 5.32 Å². The van der Waals surface area contributed by atoms with Crippen LogP contribution in [0.1, 0.15) is 55.1 Å². The number of carbonyl (C=O) groups is 2. The Hall–Kier alpha value is -1.85. The number of rotatable bonds is 1. The molecule has 0 saturated carbocycles. The third-order valence-corrected chi connectivity index (χ3v) is 5.03. The maximum Gasteiger partial charge on any atom is 0.257 e. The smallest absolute Gasteiger partial charge is 0.257 e. The van der Waals surface area contributed by atoms with Crippen LogP contribution in [0.2, 0.25) is 0 Å². The predicted octanol–water partition coefficient (Wildman–Crippen LogP) is 1.39. The highest BCUT2D eigenvalue weighted by molar-refractivity contribution is 5.95. The van der Waals surface area contributed by atoms with Crippen LogP contribution in [-0.4, -0.2) is 44.6 Å². The van der Waals surface area contributed by atoms with Crippen molar-refractivity contribution in [3.05, 3.63) is 17.5 Å². The van der Waals surface area contributed by atoms with Crippen LogP contribution >= 0.6 is 0 Å². The number of nitrogens with one attached hydrogen (secondary N) is 1. The number of aryl methyl sites for hydroxylation is 2. The minimum absolute atomic E-state index is 0.0415. The Balaban J connectivity index is 1.92. The van der Waals surface area contributed by atoms with Crippen LogP contribution in [0.4, 0.5) is 0 Å². The van der Waals surface area contributed by atoms with Crippen LogP contribution in [0.15, 0.2) is 6.20 Å². The lowest BCUT2D eigenvalue weighted by Gasteiger charge is -2.45. The highest BCUT2D eigenvalue weighted by Gasteiger charge is 2.45. The van der Waals surface area contributed by atoms with Crippen LogP contribution in [0, 0.1) is 6.92 Å². The molecule has 2 aliphatic heterocycles. The second kappa shape index (κ2) is 5.41. The summed E-state index contributed by atoms with van der Waals surface area (Å²) in [6.45, 7) is 4.70. The summed E-state index contributed by atoms with van der Waals surface area (Å²) in [4.78, 5) is 26.8. The average molecular weight is 304 g/mol. The van der Waals surface area contributed by atoms with E-state index < -0.39 is 0 Å². The van der Waals surface area contributed by atoms with E-state index in [1.165, 1.54) is 0 Å². The number of carbonyl (C=O) groups excluding carboxylic acids is 2. The summed E-state index contributed by atoms with van der Waals surface area (Å²) in [6.07, 6.45) is 5.97. The minimum Gasteiger partial charge on any atom is -0.349 e. The number of hydrogen-bond donors (Lipinski definition) is 1. The summed E-state index contributed by atoms with van der Waals surface area (Å²) in [7, 11) is 1.83. The molecular formula is C16H24N4O2. The number of fused-ring (bicyclic) bond motifs is 1. The molecule has 22 heavy (non-hydrogen) atoms. The molecule has 0 aromatic carbocycles. The second-order valence-corrected chi connectivity index (χ2v) is 6.78. The van der Waals surface area contributed by atoms with E-state index in [1.807, 2.05) is 18.9 Å². The summed E-state index contributed by atoms with van der Waals surface area (Å²) in [6, 6.07) is 0.0693. The van der Waals surface area contributed by atoms with E-state index in [0.717, 1.165) is 37.9 Å². The molecule has 1 aromatic heterocycles. The zero-order chi connectivity index (χ0) is 15.9. The number of nitrogens with zero attached hydrogens (tertiary/aromatic N) is 3. The molecule has 0 unspecified atom stereocenters. The standard InChI is InChI=1S/C16H24N4O2/c1-11-12(10-19(3)18-11)15(22)20-9-5-4-8-16(2)13(20)6-7-14(21)17-16/h10,13H,4-9H2,1-3H3,(H,17,21)/t13-,16-/m0/s1. The predicted molar refractivity (Wildman–Crippen MR) is 82.4 cm³/mol. The highest BCUT2D eigenvalue weighted by atomic mass is 16.2. The monoisotopic (exact) mass is 304 g/mol. The van der Waals surface area contributed by atoms with Gasteiger partial charge in [-0.25, -0.2) is 0 Å². The first-order valence-corrected chi connectivity index (χ1v) is 8.03. The van der Waals surface area contributed by atoms with E-state index in [4.69, 9.17) is 0 Å². The van der Waals surface area contributed by atoms with Gasteiger partial charge in [-0.3, -0.25) is 14.3 Å². The first kappa shape index (κ1) is 15.1. The molecule has 1 aromatic rings. The Morgan fingerprint density at radius 2 is 2.23 bits per heavy atom. The van der Waals surface area contributed by atoms with E-state index in [-0.39, 0.29) is 23.4 Å². The summed E-state index contributed by atoms with van der Waals surface area (Å²) < 4.78 is 1.68. The third kappa shape index (κ3) is 2.51. The van der Waals surface area contributed by atoms with Crippen molar-refractivity contribution >= 4 is 11.8 Å². The highest BCUT2D eigenvalue weighted by Crippen LogP contribution is 2.33. The first-order chi connectivity index (χ1) is 10.4. The first-order valence-electron chi connectivity index (χ1n) is 8.03. The van der Waals surface area contributed by atoms with Crippen LogP contribution in [0.3, 0.4) is 0 Å². The fourth-order valence-electron chi connectivity index (χ4n) is 3.92. The lowest BCUT2D eigenvalue weighted by Crippen LogP contribution is -2.63. The van der Waals surface area contributed by atoms with Gasteiger partial charge in [-0.05, 0) is 39.5 Å². The molecule has 2 fully saturated rings. The van der Waals surface area contributed by atoms with Gasteiger partial charge in [-0.1, -0.05) is 0 Å². The molecule has 2 saturated heterocycles. The van der Waals surface area contributed by atoms with Gasteiger partial charge in [0.15, 0.2) is 0 Å². The molecule has 3 rings (SSSR count). The Labute approximate surface area is 130 Å². The van der Waals surface area contributed by atoms with Gasteiger partial charge in [0.25, 0.3) is 5.91 Å². The number of piperidine rings is 1. The Kier molecular flexibility index (Phi) is 3.70. The SMILES string of the molecule is Cc1nn(C)cc1C(=O)N1CCCC[C@]2(C)NC(=O)CC[C@H]12. The van der Waals surface area contributed by atoms with Crippen molar-refractivity contribution in [2.45, 2.75) is 57.5 Å². The summed E-state index contributed by atoms with van der Waals surface area (Å²) in [5, 5.41) is 7.42. The van der Waals surface area contributed by atoms with Gasteiger partial charge in [-0.15, -0.1) is 0 Å². The number of hydrogen-bond acceptors (Lipinski definition) is 3. The lowest BCUT2D eigenvalue weighted by molar-refractivity contribution is -0.126. The van der Waals surface area contributed by atoms with E-state index in [0.29, 0.717) is 12.0 Å².